The van der Waals surface area contributed by atoms with Crippen LogP contribution >= 0.6 is 11.3 Å². The van der Waals surface area contributed by atoms with Gasteiger partial charge >= 0.3 is 5.97 Å². The fourth-order valence-electron chi connectivity index (χ4n) is 2.98. The SMILES string of the molecule is CCOC(=O)Cc1nc(Nc2ccccc2)c2c(-c3ccccc3)csc2n1. The van der Waals surface area contributed by atoms with Gasteiger partial charge in [0.1, 0.15) is 22.9 Å². The summed E-state index contributed by atoms with van der Waals surface area (Å²) >= 11 is 1.54. The van der Waals surface area contributed by atoms with Crippen molar-refractivity contribution in [3.63, 3.8) is 0 Å². The Morgan fingerprint density at radius 2 is 1.75 bits per heavy atom. The topological polar surface area (TPSA) is 64.1 Å². The van der Waals surface area contributed by atoms with Gasteiger partial charge in [0.05, 0.1) is 12.0 Å². The maximum Gasteiger partial charge on any atom is 0.313 e. The molecule has 0 amide bonds. The van der Waals surface area contributed by atoms with Crippen molar-refractivity contribution in [2.45, 2.75) is 13.3 Å². The molecular formula is C22H19N3O2S. The lowest BCUT2D eigenvalue weighted by Gasteiger charge is -2.11. The summed E-state index contributed by atoms with van der Waals surface area (Å²) in [6.45, 7) is 2.13. The predicted octanol–water partition coefficient (Wildman–Crippen LogP) is 5.21. The number of thiophene rings is 1. The van der Waals surface area contributed by atoms with Gasteiger partial charge in [0.15, 0.2) is 0 Å². The van der Waals surface area contributed by atoms with Crippen LogP contribution in [0.15, 0.2) is 66.0 Å². The number of esters is 1. The summed E-state index contributed by atoms with van der Waals surface area (Å²) in [4.78, 5) is 22.0. The zero-order chi connectivity index (χ0) is 19.3. The summed E-state index contributed by atoms with van der Waals surface area (Å²) in [5.41, 5.74) is 3.10. The first kappa shape index (κ1) is 18.1. The molecule has 0 fully saturated rings. The number of fused-ring (bicyclic) bond motifs is 1. The molecule has 2 aromatic carbocycles. The Morgan fingerprint density at radius 3 is 2.46 bits per heavy atom. The lowest BCUT2D eigenvalue weighted by atomic mass is 10.1. The molecule has 0 aliphatic carbocycles. The average molecular weight is 389 g/mol. The van der Waals surface area contributed by atoms with Crippen LogP contribution in [0.4, 0.5) is 11.5 Å². The first-order valence-corrected chi connectivity index (χ1v) is 9.94. The van der Waals surface area contributed by atoms with E-state index in [0.717, 1.165) is 27.0 Å². The van der Waals surface area contributed by atoms with Gasteiger partial charge < -0.3 is 10.1 Å². The van der Waals surface area contributed by atoms with Crippen molar-refractivity contribution in [3.8, 4) is 11.1 Å². The molecule has 2 aromatic heterocycles. The quantitative estimate of drug-likeness (QED) is 0.459. The molecular weight excluding hydrogens is 370 g/mol. The van der Waals surface area contributed by atoms with Crippen LogP contribution in [0, 0.1) is 0 Å². The largest absolute Gasteiger partial charge is 0.466 e. The molecule has 2 heterocycles. The number of hydrogen-bond donors (Lipinski definition) is 1. The number of aromatic nitrogens is 2. The number of hydrogen-bond acceptors (Lipinski definition) is 6. The second kappa shape index (κ2) is 8.19. The Balaban J connectivity index is 1.82. The van der Waals surface area contributed by atoms with E-state index in [1.54, 1.807) is 18.3 Å². The standard InChI is InChI=1S/C22H19N3O2S/c1-2-27-19(26)13-18-24-21(23-16-11-7-4-8-12-16)20-17(14-28-22(20)25-18)15-9-5-3-6-10-15/h3-12,14H,2,13H2,1H3,(H,23,24,25). The van der Waals surface area contributed by atoms with Crippen LogP contribution in [0.3, 0.4) is 0 Å². The monoisotopic (exact) mass is 389 g/mol. The van der Waals surface area contributed by atoms with Crippen molar-refractivity contribution >= 4 is 39.0 Å². The van der Waals surface area contributed by atoms with E-state index in [-0.39, 0.29) is 12.4 Å². The molecule has 0 radical (unpaired) electrons. The molecule has 0 aliphatic heterocycles. The summed E-state index contributed by atoms with van der Waals surface area (Å²) in [6, 6.07) is 20.0. The number of carbonyl (C=O) groups is 1. The number of ether oxygens (including phenoxy) is 1. The highest BCUT2D eigenvalue weighted by Gasteiger charge is 2.17. The van der Waals surface area contributed by atoms with E-state index in [1.165, 1.54) is 0 Å². The van der Waals surface area contributed by atoms with Gasteiger partial charge in [-0.2, -0.15) is 0 Å². The summed E-state index contributed by atoms with van der Waals surface area (Å²) in [7, 11) is 0. The zero-order valence-electron chi connectivity index (χ0n) is 15.4. The van der Waals surface area contributed by atoms with Crippen LogP contribution in [0.1, 0.15) is 12.7 Å². The second-order valence-electron chi connectivity index (χ2n) is 6.16. The van der Waals surface area contributed by atoms with Crippen molar-refractivity contribution < 1.29 is 9.53 Å². The molecule has 28 heavy (non-hydrogen) atoms. The Labute approximate surface area is 167 Å². The van der Waals surface area contributed by atoms with Gasteiger partial charge in [0, 0.05) is 16.6 Å². The molecule has 0 unspecified atom stereocenters. The average Bonchev–Trinajstić information content (AvgIpc) is 3.14. The van der Waals surface area contributed by atoms with E-state index < -0.39 is 0 Å². The van der Waals surface area contributed by atoms with E-state index in [9.17, 15) is 4.79 Å². The molecule has 0 aliphatic rings. The third-order valence-electron chi connectivity index (χ3n) is 4.21. The van der Waals surface area contributed by atoms with Crippen molar-refractivity contribution in [3.05, 3.63) is 71.9 Å². The second-order valence-corrected chi connectivity index (χ2v) is 7.01. The Hall–Kier alpha value is -3.25. The number of nitrogens with zero attached hydrogens (tertiary/aromatic N) is 2. The normalized spacial score (nSPS) is 10.8. The van der Waals surface area contributed by atoms with E-state index in [1.807, 2.05) is 48.5 Å². The molecule has 1 N–H and O–H groups in total. The zero-order valence-corrected chi connectivity index (χ0v) is 16.2. The molecule has 0 spiro atoms. The van der Waals surface area contributed by atoms with Crippen LogP contribution in [0.25, 0.3) is 21.3 Å². The minimum atomic E-state index is -0.327. The van der Waals surface area contributed by atoms with Crippen LogP contribution in [-0.2, 0) is 16.0 Å². The Morgan fingerprint density at radius 1 is 1.04 bits per heavy atom. The smallest absolute Gasteiger partial charge is 0.313 e. The molecule has 0 saturated heterocycles. The van der Waals surface area contributed by atoms with Crippen molar-refractivity contribution in [2.75, 3.05) is 11.9 Å². The van der Waals surface area contributed by atoms with Gasteiger partial charge in [0.2, 0.25) is 0 Å². The summed E-state index contributed by atoms with van der Waals surface area (Å²) in [5, 5.41) is 6.43. The highest BCUT2D eigenvalue weighted by molar-refractivity contribution is 7.17. The van der Waals surface area contributed by atoms with E-state index in [4.69, 9.17) is 4.74 Å². The maximum absolute atomic E-state index is 11.9. The van der Waals surface area contributed by atoms with Gasteiger partial charge in [-0.05, 0) is 24.6 Å². The maximum atomic E-state index is 11.9. The lowest BCUT2D eigenvalue weighted by molar-refractivity contribution is -0.142. The molecule has 140 valence electrons. The van der Waals surface area contributed by atoms with Crippen LogP contribution < -0.4 is 5.32 Å². The van der Waals surface area contributed by atoms with Crippen LogP contribution in [-0.4, -0.2) is 22.5 Å². The van der Waals surface area contributed by atoms with Gasteiger partial charge in [-0.15, -0.1) is 11.3 Å². The minimum absolute atomic E-state index is 0.0474. The van der Waals surface area contributed by atoms with Gasteiger partial charge in [-0.3, -0.25) is 4.79 Å². The molecule has 5 nitrogen and oxygen atoms in total. The molecule has 4 rings (SSSR count). The third-order valence-corrected chi connectivity index (χ3v) is 5.08. The summed E-state index contributed by atoms with van der Waals surface area (Å²) in [6.07, 6.45) is 0.0474. The van der Waals surface area contributed by atoms with E-state index >= 15 is 0 Å². The molecule has 0 atom stereocenters. The van der Waals surface area contributed by atoms with Crippen LogP contribution in [0.5, 0.6) is 0 Å². The van der Waals surface area contributed by atoms with Gasteiger partial charge in [-0.25, -0.2) is 9.97 Å². The van der Waals surface area contributed by atoms with Gasteiger partial charge in [-0.1, -0.05) is 48.5 Å². The third kappa shape index (κ3) is 3.87. The Kier molecular flexibility index (Phi) is 5.30. The Bertz CT molecular complexity index is 1090. The van der Waals surface area contributed by atoms with Crippen LogP contribution in [0.2, 0.25) is 0 Å². The number of nitrogens with one attached hydrogen (secondary N) is 1. The molecule has 4 aromatic rings. The fourth-order valence-corrected chi connectivity index (χ4v) is 3.95. The molecule has 0 saturated carbocycles. The van der Waals surface area contributed by atoms with Crippen molar-refractivity contribution in [1.29, 1.82) is 0 Å². The number of benzene rings is 2. The van der Waals surface area contributed by atoms with Gasteiger partial charge in [0.25, 0.3) is 0 Å². The fraction of sp³-hybridized carbons (Fsp3) is 0.136. The number of anilines is 2. The van der Waals surface area contributed by atoms with E-state index in [0.29, 0.717) is 18.2 Å². The summed E-state index contributed by atoms with van der Waals surface area (Å²) < 4.78 is 5.05. The van der Waals surface area contributed by atoms with E-state index in [2.05, 4.69) is 32.8 Å². The number of rotatable bonds is 6. The minimum Gasteiger partial charge on any atom is -0.466 e. The lowest BCUT2D eigenvalue weighted by Crippen LogP contribution is -2.11. The highest BCUT2D eigenvalue weighted by Crippen LogP contribution is 2.37. The molecule has 0 bridgehead atoms. The van der Waals surface area contributed by atoms with Crippen molar-refractivity contribution in [2.24, 2.45) is 0 Å². The number of para-hydroxylation sites is 1. The van der Waals surface area contributed by atoms with Crippen molar-refractivity contribution in [1.82, 2.24) is 9.97 Å². The highest BCUT2D eigenvalue weighted by atomic mass is 32.1. The predicted molar refractivity (Wildman–Crippen MR) is 113 cm³/mol. The number of carbonyl (C=O) groups excluding carboxylic acids is 1. The summed E-state index contributed by atoms with van der Waals surface area (Å²) in [5.74, 6) is 0.814. The molecule has 6 heteroatoms. The first-order valence-electron chi connectivity index (χ1n) is 9.06. The first-order chi connectivity index (χ1) is 13.7.